The molecule has 2 aromatic rings. The van der Waals surface area contributed by atoms with E-state index in [0.29, 0.717) is 17.5 Å². The Labute approximate surface area is 129 Å². The van der Waals surface area contributed by atoms with E-state index in [1.807, 2.05) is 42.8 Å². The number of benzene rings is 1. The van der Waals surface area contributed by atoms with Gasteiger partial charge in [0, 0.05) is 12.1 Å². The highest BCUT2D eigenvalue weighted by Gasteiger charge is 2.15. The van der Waals surface area contributed by atoms with Gasteiger partial charge in [-0.25, -0.2) is 0 Å². The van der Waals surface area contributed by atoms with Crippen molar-refractivity contribution in [2.24, 2.45) is 0 Å². The van der Waals surface area contributed by atoms with Gasteiger partial charge in [0.2, 0.25) is 0 Å². The second kappa shape index (κ2) is 7.00. The number of nitrogens with zero attached hydrogens (tertiary/aromatic N) is 2. The van der Waals surface area contributed by atoms with Crippen molar-refractivity contribution >= 4 is 23.2 Å². The molecule has 0 saturated heterocycles. The Hall–Kier alpha value is -1.19. The van der Waals surface area contributed by atoms with Crippen molar-refractivity contribution in [3.8, 4) is 5.75 Å². The van der Waals surface area contributed by atoms with E-state index in [0.717, 1.165) is 35.7 Å². The van der Waals surface area contributed by atoms with Crippen molar-refractivity contribution < 1.29 is 4.74 Å². The molecule has 2 rings (SSSR count). The third-order valence-electron chi connectivity index (χ3n) is 3.18. The topological polar surface area (TPSA) is 27.1 Å². The van der Waals surface area contributed by atoms with Crippen molar-refractivity contribution in [2.45, 2.75) is 39.3 Å². The summed E-state index contributed by atoms with van der Waals surface area (Å²) in [7, 11) is 0. The SMILES string of the molecule is CCc1nn(CC)c(COc2ccccc2CCl)c1Cl. The van der Waals surface area contributed by atoms with Crippen molar-refractivity contribution in [3.05, 3.63) is 46.2 Å². The predicted octanol–water partition coefficient (Wildman–Crippen LogP) is 4.44. The summed E-state index contributed by atoms with van der Waals surface area (Å²) in [5.41, 5.74) is 2.80. The summed E-state index contributed by atoms with van der Waals surface area (Å²) in [4.78, 5) is 0. The zero-order valence-corrected chi connectivity index (χ0v) is 13.2. The van der Waals surface area contributed by atoms with E-state index in [1.54, 1.807) is 0 Å². The summed E-state index contributed by atoms with van der Waals surface area (Å²) in [6.07, 6.45) is 0.817. The molecule has 0 saturated carbocycles. The van der Waals surface area contributed by atoms with Gasteiger partial charge in [-0.05, 0) is 19.4 Å². The summed E-state index contributed by atoms with van der Waals surface area (Å²) < 4.78 is 7.76. The quantitative estimate of drug-likeness (QED) is 0.737. The third kappa shape index (κ3) is 3.10. The van der Waals surface area contributed by atoms with Gasteiger partial charge in [-0.1, -0.05) is 36.7 Å². The molecule has 0 radical (unpaired) electrons. The molecule has 108 valence electrons. The minimum Gasteiger partial charge on any atom is -0.487 e. The van der Waals surface area contributed by atoms with Crippen LogP contribution in [0.4, 0.5) is 0 Å². The van der Waals surface area contributed by atoms with Gasteiger partial charge >= 0.3 is 0 Å². The molecule has 0 unspecified atom stereocenters. The summed E-state index contributed by atoms with van der Waals surface area (Å²) in [6, 6.07) is 7.75. The summed E-state index contributed by atoms with van der Waals surface area (Å²) in [6.45, 7) is 5.25. The maximum Gasteiger partial charge on any atom is 0.131 e. The zero-order chi connectivity index (χ0) is 14.5. The van der Waals surface area contributed by atoms with Gasteiger partial charge in [0.15, 0.2) is 0 Å². The Morgan fingerprint density at radius 1 is 1.25 bits per heavy atom. The molecule has 0 amide bonds. The van der Waals surface area contributed by atoms with Crippen LogP contribution < -0.4 is 4.74 Å². The Balaban J connectivity index is 2.20. The van der Waals surface area contributed by atoms with E-state index in [1.165, 1.54) is 0 Å². The van der Waals surface area contributed by atoms with E-state index in [-0.39, 0.29) is 0 Å². The molecular weight excluding hydrogens is 295 g/mol. The van der Waals surface area contributed by atoms with Crippen LogP contribution in [0.5, 0.6) is 5.75 Å². The largest absolute Gasteiger partial charge is 0.487 e. The zero-order valence-electron chi connectivity index (χ0n) is 11.7. The van der Waals surface area contributed by atoms with Crippen LogP contribution in [0, 0.1) is 0 Å². The van der Waals surface area contributed by atoms with Crippen molar-refractivity contribution in [2.75, 3.05) is 0 Å². The van der Waals surface area contributed by atoms with Crippen LogP contribution >= 0.6 is 23.2 Å². The molecule has 5 heteroatoms. The molecule has 0 aliphatic heterocycles. The first-order valence-corrected chi connectivity index (χ1v) is 7.63. The number of aryl methyl sites for hydroxylation is 2. The highest BCUT2D eigenvalue weighted by Crippen LogP contribution is 2.25. The summed E-state index contributed by atoms with van der Waals surface area (Å²) in [5.74, 6) is 1.22. The molecule has 0 aliphatic rings. The lowest BCUT2D eigenvalue weighted by Crippen LogP contribution is -2.07. The number of hydrogen-bond acceptors (Lipinski definition) is 2. The fourth-order valence-corrected chi connectivity index (χ4v) is 2.60. The van der Waals surface area contributed by atoms with Gasteiger partial charge in [-0.15, -0.1) is 11.6 Å². The smallest absolute Gasteiger partial charge is 0.131 e. The maximum absolute atomic E-state index is 6.36. The van der Waals surface area contributed by atoms with E-state index in [4.69, 9.17) is 27.9 Å². The number of para-hydroxylation sites is 1. The second-order valence-electron chi connectivity index (χ2n) is 4.41. The number of aromatic nitrogens is 2. The molecule has 3 nitrogen and oxygen atoms in total. The molecule has 0 N–H and O–H groups in total. The Bertz CT molecular complexity index is 581. The van der Waals surface area contributed by atoms with Crippen LogP contribution in [0.25, 0.3) is 0 Å². The van der Waals surface area contributed by atoms with Crippen LogP contribution in [-0.2, 0) is 25.5 Å². The second-order valence-corrected chi connectivity index (χ2v) is 5.05. The van der Waals surface area contributed by atoms with E-state index in [9.17, 15) is 0 Å². The van der Waals surface area contributed by atoms with Gasteiger partial charge in [0.1, 0.15) is 12.4 Å². The van der Waals surface area contributed by atoms with Crippen LogP contribution in [0.1, 0.15) is 30.8 Å². The minimum absolute atomic E-state index is 0.396. The molecule has 1 aromatic heterocycles. The average molecular weight is 313 g/mol. The van der Waals surface area contributed by atoms with Crippen molar-refractivity contribution in [3.63, 3.8) is 0 Å². The van der Waals surface area contributed by atoms with Gasteiger partial charge in [0.05, 0.1) is 22.3 Å². The van der Waals surface area contributed by atoms with E-state index in [2.05, 4.69) is 5.10 Å². The number of ether oxygens (including phenoxy) is 1. The maximum atomic E-state index is 6.36. The van der Waals surface area contributed by atoms with Gasteiger partial charge in [-0.3, -0.25) is 4.68 Å². The molecule has 1 aromatic carbocycles. The van der Waals surface area contributed by atoms with E-state index < -0.39 is 0 Å². The highest BCUT2D eigenvalue weighted by molar-refractivity contribution is 6.31. The molecular formula is C15H18Cl2N2O. The lowest BCUT2D eigenvalue weighted by Gasteiger charge is -2.11. The summed E-state index contributed by atoms with van der Waals surface area (Å²) >= 11 is 12.3. The monoisotopic (exact) mass is 312 g/mol. The van der Waals surface area contributed by atoms with E-state index >= 15 is 0 Å². The lowest BCUT2D eigenvalue weighted by atomic mass is 10.2. The fourth-order valence-electron chi connectivity index (χ4n) is 2.06. The standard InChI is InChI=1S/C15H18Cl2N2O/c1-3-12-15(17)13(19(4-2)18-12)10-20-14-8-6-5-7-11(14)9-16/h5-8H,3-4,9-10H2,1-2H3. The van der Waals surface area contributed by atoms with Gasteiger partial charge in [0.25, 0.3) is 0 Å². The fraction of sp³-hybridized carbons (Fsp3) is 0.400. The number of hydrogen-bond donors (Lipinski definition) is 0. The third-order valence-corrected chi connectivity index (χ3v) is 3.90. The Morgan fingerprint density at radius 3 is 2.65 bits per heavy atom. The Kier molecular flexibility index (Phi) is 5.32. The van der Waals surface area contributed by atoms with Gasteiger partial charge < -0.3 is 4.74 Å². The van der Waals surface area contributed by atoms with Crippen molar-refractivity contribution in [1.82, 2.24) is 9.78 Å². The van der Waals surface area contributed by atoms with Crippen LogP contribution in [-0.4, -0.2) is 9.78 Å². The van der Waals surface area contributed by atoms with Crippen LogP contribution in [0.3, 0.4) is 0 Å². The molecule has 20 heavy (non-hydrogen) atoms. The predicted molar refractivity (Wildman–Crippen MR) is 82.6 cm³/mol. The number of rotatable bonds is 6. The minimum atomic E-state index is 0.396. The number of halogens is 2. The normalized spacial score (nSPS) is 10.8. The first kappa shape index (κ1) is 15.2. The molecule has 0 bridgehead atoms. The molecule has 0 spiro atoms. The molecule has 0 atom stereocenters. The van der Waals surface area contributed by atoms with Crippen LogP contribution in [0.2, 0.25) is 5.02 Å². The molecule has 1 heterocycles. The van der Waals surface area contributed by atoms with Crippen LogP contribution in [0.15, 0.2) is 24.3 Å². The summed E-state index contributed by atoms with van der Waals surface area (Å²) in [5, 5.41) is 5.19. The first-order valence-electron chi connectivity index (χ1n) is 6.71. The van der Waals surface area contributed by atoms with Crippen molar-refractivity contribution in [1.29, 1.82) is 0 Å². The number of alkyl halides is 1. The highest BCUT2D eigenvalue weighted by atomic mass is 35.5. The lowest BCUT2D eigenvalue weighted by molar-refractivity contribution is 0.290. The first-order chi connectivity index (χ1) is 9.71. The Morgan fingerprint density at radius 2 is 2.00 bits per heavy atom. The molecule has 0 aliphatic carbocycles. The average Bonchev–Trinajstić information content (AvgIpc) is 2.81. The molecule has 0 fully saturated rings. The van der Waals surface area contributed by atoms with Gasteiger partial charge in [-0.2, -0.15) is 5.10 Å².